The number of halogens is 4. The van der Waals surface area contributed by atoms with Gasteiger partial charge < -0.3 is 15.1 Å². The van der Waals surface area contributed by atoms with Gasteiger partial charge in [0.05, 0.1) is 16.9 Å². The number of rotatable bonds is 3. The minimum Gasteiger partial charge on any atom is -0.366 e. The molecule has 148 valence electrons. The summed E-state index contributed by atoms with van der Waals surface area (Å²) in [4.78, 5) is 30.3. The SMILES string of the molecule is O=C(Nc1cc(Cl)ccc1N1CCN(C(=O)C(F)(F)F)CC1)c1cccnc1. The fourth-order valence-corrected chi connectivity index (χ4v) is 3.08. The molecule has 0 atom stereocenters. The number of pyridine rings is 1. The molecule has 1 aliphatic rings. The lowest BCUT2D eigenvalue weighted by atomic mass is 10.2. The number of hydrogen-bond acceptors (Lipinski definition) is 4. The van der Waals surface area contributed by atoms with Gasteiger partial charge in [-0.25, -0.2) is 0 Å². The number of nitrogens with zero attached hydrogens (tertiary/aromatic N) is 3. The van der Waals surface area contributed by atoms with E-state index in [1.54, 1.807) is 41.4 Å². The number of alkyl halides is 3. The summed E-state index contributed by atoms with van der Waals surface area (Å²) >= 11 is 6.04. The zero-order valence-corrected chi connectivity index (χ0v) is 15.3. The van der Waals surface area contributed by atoms with Gasteiger partial charge in [0, 0.05) is 43.6 Å². The number of carbonyl (C=O) groups excluding carboxylic acids is 2. The van der Waals surface area contributed by atoms with E-state index in [1.165, 1.54) is 6.20 Å². The smallest absolute Gasteiger partial charge is 0.366 e. The van der Waals surface area contributed by atoms with E-state index in [0.29, 0.717) is 22.0 Å². The number of carbonyl (C=O) groups is 2. The number of amides is 2. The van der Waals surface area contributed by atoms with Gasteiger partial charge in [-0.2, -0.15) is 13.2 Å². The van der Waals surface area contributed by atoms with Crippen molar-refractivity contribution in [2.75, 3.05) is 36.4 Å². The van der Waals surface area contributed by atoms with Crippen molar-refractivity contribution < 1.29 is 22.8 Å². The molecule has 0 spiro atoms. The van der Waals surface area contributed by atoms with Gasteiger partial charge in [0.1, 0.15) is 0 Å². The second-order valence-corrected chi connectivity index (χ2v) is 6.57. The average Bonchev–Trinajstić information content (AvgIpc) is 2.68. The molecule has 0 aliphatic carbocycles. The first kappa shape index (κ1) is 19.9. The van der Waals surface area contributed by atoms with Crippen LogP contribution in [0.25, 0.3) is 0 Å². The van der Waals surface area contributed by atoms with Gasteiger partial charge in [-0.15, -0.1) is 0 Å². The lowest BCUT2D eigenvalue weighted by Gasteiger charge is -2.37. The van der Waals surface area contributed by atoms with Crippen molar-refractivity contribution in [3.63, 3.8) is 0 Å². The second kappa shape index (κ2) is 8.05. The van der Waals surface area contributed by atoms with Gasteiger partial charge in [0.25, 0.3) is 5.91 Å². The van der Waals surface area contributed by atoms with E-state index in [4.69, 9.17) is 11.6 Å². The number of benzene rings is 1. The molecule has 1 saturated heterocycles. The number of piperazine rings is 1. The van der Waals surface area contributed by atoms with Crippen molar-refractivity contribution in [3.05, 3.63) is 53.3 Å². The van der Waals surface area contributed by atoms with E-state index in [9.17, 15) is 22.8 Å². The lowest BCUT2D eigenvalue weighted by Crippen LogP contribution is -2.52. The van der Waals surface area contributed by atoms with Crippen LogP contribution in [0, 0.1) is 0 Å². The summed E-state index contributed by atoms with van der Waals surface area (Å²) in [6.07, 6.45) is -1.92. The average molecular weight is 413 g/mol. The van der Waals surface area contributed by atoms with Crippen LogP contribution in [0.4, 0.5) is 24.5 Å². The number of hydrogen-bond donors (Lipinski definition) is 1. The maximum Gasteiger partial charge on any atom is 0.471 e. The minimum atomic E-state index is -4.88. The van der Waals surface area contributed by atoms with Crippen molar-refractivity contribution >= 4 is 34.8 Å². The molecular formula is C18H16ClF3N4O2. The van der Waals surface area contributed by atoms with E-state index >= 15 is 0 Å². The molecule has 0 saturated carbocycles. The van der Waals surface area contributed by atoms with Crippen LogP contribution in [0.15, 0.2) is 42.7 Å². The summed E-state index contributed by atoms with van der Waals surface area (Å²) in [5.74, 6) is -2.23. The molecule has 1 aromatic heterocycles. The number of nitrogens with one attached hydrogen (secondary N) is 1. The molecular weight excluding hydrogens is 397 g/mol. The van der Waals surface area contributed by atoms with Crippen LogP contribution in [-0.4, -0.2) is 54.1 Å². The Morgan fingerprint density at radius 1 is 1.11 bits per heavy atom. The summed E-state index contributed by atoms with van der Waals surface area (Å²) < 4.78 is 37.8. The van der Waals surface area contributed by atoms with Crippen molar-refractivity contribution in [1.29, 1.82) is 0 Å². The van der Waals surface area contributed by atoms with Gasteiger partial charge in [-0.3, -0.25) is 14.6 Å². The van der Waals surface area contributed by atoms with E-state index in [1.807, 2.05) is 0 Å². The molecule has 10 heteroatoms. The molecule has 1 fully saturated rings. The summed E-state index contributed by atoms with van der Waals surface area (Å²) in [6.45, 7) is 0.242. The summed E-state index contributed by atoms with van der Waals surface area (Å²) in [6, 6.07) is 8.11. The van der Waals surface area contributed by atoms with Crippen molar-refractivity contribution in [3.8, 4) is 0 Å². The van der Waals surface area contributed by atoms with Crippen LogP contribution in [0.3, 0.4) is 0 Å². The highest BCUT2D eigenvalue weighted by atomic mass is 35.5. The quantitative estimate of drug-likeness (QED) is 0.840. The van der Waals surface area contributed by atoms with Crippen molar-refractivity contribution in [1.82, 2.24) is 9.88 Å². The van der Waals surface area contributed by atoms with Crippen molar-refractivity contribution in [2.24, 2.45) is 0 Å². The lowest BCUT2D eigenvalue weighted by molar-refractivity contribution is -0.185. The van der Waals surface area contributed by atoms with E-state index in [-0.39, 0.29) is 32.1 Å². The maximum absolute atomic E-state index is 12.6. The molecule has 2 aromatic rings. The van der Waals surface area contributed by atoms with E-state index in [0.717, 1.165) is 4.90 Å². The van der Waals surface area contributed by atoms with Crippen LogP contribution in [0.2, 0.25) is 5.02 Å². The first-order valence-electron chi connectivity index (χ1n) is 8.37. The Morgan fingerprint density at radius 2 is 1.82 bits per heavy atom. The fourth-order valence-electron chi connectivity index (χ4n) is 2.91. The molecule has 2 heterocycles. The first-order chi connectivity index (χ1) is 13.3. The van der Waals surface area contributed by atoms with Crippen LogP contribution in [0.5, 0.6) is 0 Å². The molecule has 1 aromatic carbocycles. The molecule has 1 N–H and O–H groups in total. The van der Waals surface area contributed by atoms with Crippen molar-refractivity contribution in [2.45, 2.75) is 6.18 Å². The zero-order valence-electron chi connectivity index (χ0n) is 14.5. The zero-order chi connectivity index (χ0) is 20.3. The Morgan fingerprint density at radius 3 is 2.43 bits per heavy atom. The standard InChI is InChI=1S/C18H16ClF3N4O2/c19-13-3-4-15(14(10-13)24-16(27)12-2-1-5-23-11-12)25-6-8-26(9-7-25)17(28)18(20,21)22/h1-5,10-11H,6-9H2,(H,24,27). The summed E-state index contributed by atoms with van der Waals surface area (Å²) in [5.41, 5.74) is 1.40. The Labute approximate surface area is 163 Å². The van der Waals surface area contributed by atoms with Gasteiger partial charge in [-0.1, -0.05) is 11.6 Å². The Kier molecular flexibility index (Phi) is 5.73. The Hall–Kier alpha value is -2.81. The highest BCUT2D eigenvalue weighted by Crippen LogP contribution is 2.31. The highest BCUT2D eigenvalue weighted by Gasteiger charge is 2.43. The predicted octanol–water partition coefficient (Wildman–Crippen LogP) is 3.20. The molecule has 28 heavy (non-hydrogen) atoms. The molecule has 1 aliphatic heterocycles. The highest BCUT2D eigenvalue weighted by molar-refractivity contribution is 6.31. The molecule has 0 unspecified atom stereocenters. The van der Waals surface area contributed by atoms with Crippen LogP contribution < -0.4 is 10.2 Å². The number of anilines is 2. The van der Waals surface area contributed by atoms with Gasteiger partial charge in [-0.05, 0) is 30.3 Å². The van der Waals surface area contributed by atoms with Gasteiger partial charge >= 0.3 is 12.1 Å². The Balaban J connectivity index is 1.75. The molecule has 2 amide bonds. The molecule has 0 bridgehead atoms. The fraction of sp³-hybridized carbons (Fsp3) is 0.278. The van der Waals surface area contributed by atoms with Gasteiger partial charge in [0.2, 0.25) is 0 Å². The normalized spacial score (nSPS) is 14.7. The molecule has 3 rings (SSSR count). The van der Waals surface area contributed by atoms with E-state index in [2.05, 4.69) is 10.3 Å². The topological polar surface area (TPSA) is 65.5 Å². The van der Waals surface area contributed by atoms with Gasteiger partial charge in [0.15, 0.2) is 0 Å². The third-order valence-corrected chi connectivity index (χ3v) is 4.52. The maximum atomic E-state index is 12.6. The van der Waals surface area contributed by atoms with Crippen LogP contribution >= 0.6 is 11.6 Å². The minimum absolute atomic E-state index is 0.0725. The summed E-state index contributed by atoms with van der Waals surface area (Å²) in [7, 11) is 0. The third kappa shape index (κ3) is 4.53. The van der Waals surface area contributed by atoms with Crippen LogP contribution in [0.1, 0.15) is 10.4 Å². The predicted molar refractivity (Wildman–Crippen MR) is 98.5 cm³/mol. The monoisotopic (exact) mass is 412 g/mol. The first-order valence-corrected chi connectivity index (χ1v) is 8.75. The third-order valence-electron chi connectivity index (χ3n) is 4.28. The summed E-state index contributed by atoms with van der Waals surface area (Å²) in [5, 5.41) is 3.16. The number of aromatic nitrogens is 1. The van der Waals surface area contributed by atoms with Crippen LogP contribution in [-0.2, 0) is 4.79 Å². The Bertz CT molecular complexity index is 869. The molecule has 0 radical (unpaired) electrons. The largest absolute Gasteiger partial charge is 0.471 e. The second-order valence-electron chi connectivity index (χ2n) is 6.13. The molecule has 6 nitrogen and oxygen atoms in total. The van der Waals surface area contributed by atoms with E-state index < -0.39 is 12.1 Å².